The van der Waals surface area contributed by atoms with E-state index in [2.05, 4.69) is 86.8 Å². The van der Waals surface area contributed by atoms with Gasteiger partial charge in [0.15, 0.2) is 6.29 Å². The summed E-state index contributed by atoms with van der Waals surface area (Å²) in [6.07, 6.45) is 56.5. The Morgan fingerprint density at radius 1 is 0.500 bits per heavy atom. The number of rotatable bonds is 46. The molecule has 0 saturated carbocycles. The van der Waals surface area contributed by atoms with Crippen molar-refractivity contribution in [1.82, 2.24) is 0 Å². The van der Waals surface area contributed by atoms with Gasteiger partial charge in [0.05, 0.1) is 19.8 Å². The standard InChI is InChI=1S/C57H100O9/c1-3-5-7-9-11-13-15-17-19-21-23-24-25-26-27-29-31-33-35-37-39-41-43-45-47-63-49-51(50-64-57-56(62)55(61)54(60)52(48-58)66-57)65-53(59)46-44-42-40-38-36-34-32-30-28-22-20-18-16-14-12-10-8-6-4-2/h5,7,11,13,17,19,23-24,26-27,31,33,51-52,54-58,60-62H,3-4,6,8-10,12,14-16,18,20-22,25,28-30,32,34-50H2,1-2H3/b7-5-,13-11-,19-17-,24-23-,27-26-,33-31-. The average Bonchev–Trinajstić information content (AvgIpc) is 3.32. The summed E-state index contributed by atoms with van der Waals surface area (Å²) in [6.45, 7) is 4.42. The largest absolute Gasteiger partial charge is 0.457 e. The molecule has 0 aromatic rings. The summed E-state index contributed by atoms with van der Waals surface area (Å²) < 4.78 is 22.9. The Hall–Kier alpha value is -2.37. The molecule has 0 amide bonds. The lowest BCUT2D eigenvalue weighted by Gasteiger charge is -2.39. The van der Waals surface area contributed by atoms with Crippen molar-refractivity contribution in [2.45, 2.75) is 256 Å². The van der Waals surface area contributed by atoms with Crippen LogP contribution < -0.4 is 0 Å². The minimum Gasteiger partial charge on any atom is -0.457 e. The lowest BCUT2D eigenvalue weighted by atomic mass is 9.99. The van der Waals surface area contributed by atoms with Gasteiger partial charge in [-0.05, 0) is 64.2 Å². The van der Waals surface area contributed by atoms with Gasteiger partial charge in [-0.15, -0.1) is 0 Å². The molecule has 0 spiro atoms. The summed E-state index contributed by atoms with van der Waals surface area (Å²) in [6, 6.07) is 0. The van der Waals surface area contributed by atoms with E-state index in [1.807, 2.05) is 0 Å². The molecule has 1 aliphatic heterocycles. The first kappa shape index (κ1) is 61.6. The predicted octanol–water partition coefficient (Wildman–Crippen LogP) is 13.6. The van der Waals surface area contributed by atoms with Crippen LogP contribution in [0.5, 0.6) is 0 Å². The molecule has 4 N–H and O–H groups in total. The Kier molecular flexibility index (Phi) is 44.5. The molecule has 382 valence electrons. The quantitative estimate of drug-likeness (QED) is 0.0267. The normalized spacial score (nSPS) is 19.9. The monoisotopic (exact) mass is 929 g/mol. The molecule has 1 aliphatic rings. The van der Waals surface area contributed by atoms with E-state index in [0.29, 0.717) is 13.0 Å². The molecule has 0 radical (unpaired) electrons. The molecule has 6 unspecified atom stereocenters. The van der Waals surface area contributed by atoms with E-state index in [0.717, 1.165) is 89.9 Å². The first-order valence-corrected chi connectivity index (χ1v) is 27.0. The molecule has 6 atom stereocenters. The summed E-state index contributed by atoms with van der Waals surface area (Å²) in [5.74, 6) is -0.320. The van der Waals surface area contributed by atoms with Crippen LogP contribution in [0.2, 0.25) is 0 Å². The maximum absolute atomic E-state index is 12.9. The summed E-state index contributed by atoms with van der Waals surface area (Å²) in [4.78, 5) is 12.9. The van der Waals surface area contributed by atoms with Crippen LogP contribution in [0.25, 0.3) is 0 Å². The second kappa shape index (κ2) is 47.7. The van der Waals surface area contributed by atoms with E-state index < -0.39 is 43.4 Å². The van der Waals surface area contributed by atoms with Gasteiger partial charge in [-0.3, -0.25) is 4.79 Å². The minimum atomic E-state index is -1.54. The molecule has 0 aliphatic carbocycles. The van der Waals surface area contributed by atoms with Crippen molar-refractivity contribution in [1.29, 1.82) is 0 Å². The Morgan fingerprint density at radius 3 is 1.39 bits per heavy atom. The second-order valence-electron chi connectivity index (χ2n) is 18.3. The van der Waals surface area contributed by atoms with Crippen molar-refractivity contribution in [3.63, 3.8) is 0 Å². The number of unbranched alkanes of at least 4 members (excludes halogenated alkanes) is 23. The number of aliphatic hydroxyl groups is 4. The summed E-state index contributed by atoms with van der Waals surface area (Å²) in [5.41, 5.74) is 0. The number of aliphatic hydroxyl groups excluding tert-OH is 4. The zero-order valence-corrected chi connectivity index (χ0v) is 42.2. The van der Waals surface area contributed by atoms with E-state index in [-0.39, 0.29) is 19.2 Å². The Labute approximate surface area is 404 Å². The van der Waals surface area contributed by atoms with E-state index in [4.69, 9.17) is 18.9 Å². The lowest BCUT2D eigenvalue weighted by molar-refractivity contribution is -0.305. The smallest absolute Gasteiger partial charge is 0.306 e. The molecule has 66 heavy (non-hydrogen) atoms. The highest BCUT2D eigenvalue weighted by atomic mass is 16.7. The van der Waals surface area contributed by atoms with Gasteiger partial charge in [0, 0.05) is 13.0 Å². The molecule has 1 saturated heterocycles. The van der Waals surface area contributed by atoms with Gasteiger partial charge >= 0.3 is 5.97 Å². The van der Waals surface area contributed by atoms with Crippen LogP contribution in [0, 0.1) is 0 Å². The molecule has 9 nitrogen and oxygen atoms in total. The van der Waals surface area contributed by atoms with E-state index >= 15 is 0 Å². The zero-order valence-electron chi connectivity index (χ0n) is 42.2. The van der Waals surface area contributed by atoms with E-state index in [9.17, 15) is 25.2 Å². The van der Waals surface area contributed by atoms with Crippen molar-refractivity contribution in [2.75, 3.05) is 26.4 Å². The predicted molar refractivity (Wildman–Crippen MR) is 274 cm³/mol. The lowest BCUT2D eigenvalue weighted by Crippen LogP contribution is -2.59. The second-order valence-corrected chi connectivity index (χ2v) is 18.3. The number of esters is 1. The molecule has 0 aromatic carbocycles. The number of hydrogen-bond acceptors (Lipinski definition) is 9. The third-order valence-corrected chi connectivity index (χ3v) is 12.1. The van der Waals surface area contributed by atoms with Crippen LogP contribution in [0.1, 0.15) is 219 Å². The minimum absolute atomic E-state index is 0.123. The third kappa shape index (κ3) is 37.6. The highest BCUT2D eigenvalue weighted by molar-refractivity contribution is 5.69. The van der Waals surface area contributed by atoms with Crippen molar-refractivity contribution in [2.24, 2.45) is 0 Å². The first-order valence-electron chi connectivity index (χ1n) is 27.0. The van der Waals surface area contributed by atoms with Crippen LogP contribution >= 0.6 is 0 Å². The van der Waals surface area contributed by atoms with Crippen molar-refractivity contribution < 1.29 is 44.2 Å². The number of carbonyl (C=O) groups excluding carboxylic acids is 1. The van der Waals surface area contributed by atoms with Gasteiger partial charge < -0.3 is 39.4 Å². The number of carbonyl (C=O) groups is 1. The van der Waals surface area contributed by atoms with Gasteiger partial charge in [0.2, 0.25) is 0 Å². The molecule has 1 heterocycles. The van der Waals surface area contributed by atoms with Crippen LogP contribution in [-0.4, -0.2) is 89.6 Å². The van der Waals surface area contributed by atoms with Gasteiger partial charge in [-0.2, -0.15) is 0 Å². The molecule has 0 aromatic heterocycles. The van der Waals surface area contributed by atoms with Crippen LogP contribution in [0.15, 0.2) is 72.9 Å². The molecule has 1 fully saturated rings. The van der Waals surface area contributed by atoms with Crippen molar-refractivity contribution >= 4 is 5.97 Å². The number of hydrogen-bond donors (Lipinski definition) is 4. The maximum Gasteiger partial charge on any atom is 0.306 e. The topological polar surface area (TPSA) is 135 Å². The summed E-state index contributed by atoms with van der Waals surface area (Å²) >= 11 is 0. The maximum atomic E-state index is 12.9. The van der Waals surface area contributed by atoms with Gasteiger partial charge in [-0.25, -0.2) is 0 Å². The van der Waals surface area contributed by atoms with Crippen LogP contribution in [0.3, 0.4) is 0 Å². The summed E-state index contributed by atoms with van der Waals surface area (Å²) in [7, 11) is 0. The highest BCUT2D eigenvalue weighted by Gasteiger charge is 2.44. The number of allylic oxidation sites excluding steroid dienone is 12. The Bertz CT molecular complexity index is 1240. The SMILES string of the molecule is CC/C=C\C/C=C\C/C=C\C/C=C\C/C=C\C/C=C\CCCCCCCOCC(COC1OC(CO)C(O)C(O)C1O)OC(=O)CCCCCCCCCCCCCCCCCCCCC. The third-order valence-electron chi connectivity index (χ3n) is 12.1. The van der Waals surface area contributed by atoms with Crippen molar-refractivity contribution in [3.05, 3.63) is 72.9 Å². The Morgan fingerprint density at radius 2 is 0.924 bits per heavy atom. The summed E-state index contributed by atoms with van der Waals surface area (Å²) in [5, 5.41) is 40.3. The van der Waals surface area contributed by atoms with Gasteiger partial charge in [0.1, 0.15) is 30.5 Å². The fourth-order valence-corrected chi connectivity index (χ4v) is 7.97. The van der Waals surface area contributed by atoms with Crippen LogP contribution in [0.4, 0.5) is 0 Å². The fraction of sp³-hybridized carbons (Fsp3) is 0.772. The van der Waals surface area contributed by atoms with E-state index in [1.54, 1.807) is 0 Å². The average molecular weight is 929 g/mol. The molecular formula is C57H100O9. The van der Waals surface area contributed by atoms with Crippen LogP contribution in [-0.2, 0) is 23.7 Å². The molecule has 9 heteroatoms. The van der Waals surface area contributed by atoms with Gasteiger partial charge in [-0.1, -0.05) is 222 Å². The zero-order chi connectivity index (χ0) is 47.8. The van der Waals surface area contributed by atoms with Gasteiger partial charge in [0.25, 0.3) is 0 Å². The molecule has 0 bridgehead atoms. The molecule has 1 rings (SSSR count). The van der Waals surface area contributed by atoms with Crippen molar-refractivity contribution in [3.8, 4) is 0 Å². The highest BCUT2D eigenvalue weighted by Crippen LogP contribution is 2.23. The molecular weight excluding hydrogens is 829 g/mol. The van der Waals surface area contributed by atoms with E-state index in [1.165, 1.54) is 109 Å². The fourth-order valence-electron chi connectivity index (χ4n) is 7.97. The number of ether oxygens (including phenoxy) is 4. The Balaban J connectivity index is 2.21. The first-order chi connectivity index (χ1) is 32.4.